The van der Waals surface area contributed by atoms with E-state index in [0.717, 1.165) is 11.1 Å². The number of hydrogen-bond acceptors (Lipinski definition) is 6. The van der Waals surface area contributed by atoms with E-state index in [4.69, 9.17) is 9.47 Å². The molecule has 0 N–H and O–H groups in total. The van der Waals surface area contributed by atoms with Gasteiger partial charge in [0.15, 0.2) is 11.8 Å². The van der Waals surface area contributed by atoms with Crippen LogP contribution in [0.5, 0.6) is 5.75 Å². The van der Waals surface area contributed by atoms with Crippen molar-refractivity contribution in [1.29, 1.82) is 0 Å². The van der Waals surface area contributed by atoms with Crippen molar-refractivity contribution in [2.75, 3.05) is 6.61 Å². The fourth-order valence-corrected chi connectivity index (χ4v) is 2.82. The minimum absolute atomic E-state index is 0.280. The molecule has 0 spiro atoms. The van der Waals surface area contributed by atoms with Gasteiger partial charge in [-0.05, 0) is 51.1 Å². The molecule has 7 nitrogen and oxygen atoms in total. The number of rotatable bonds is 6. The summed E-state index contributed by atoms with van der Waals surface area (Å²) in [7, 11) is 1.79. The molecule has 0 amide bonds. The van der Waals surface area contributed by atoms with Gasteiger partial charge < -0.3 is 9.47 Å². The fraction of sp³-hybridized carbons (Fsp3) is 0.300. The Morgan fingerprint density at radius 1 is 1.19 bits per heavy atom. The Labute approximate surface area is 156 Å². The van der Waals surface area contributed by atoms with Gasteiger partial charge in [0.2, 0.25) is 5.78 Å². The van der Waals surface area contributed by atoms with E-state index in [1.807, 2.05) is 13.8 Å². The van der Waals surface area contributed by atoms with Crippen LogP contribution in [0.3, 0.4) is 0 Å². The largest absolute Gasteiger partial charge is 0.494 e. The lowest BCUT2D eigenvalue weighted by Crippen LogP contribution is -2.24. The van der Waals surface area contributed by atoms with Gasteiger partial charge in [0, 0.05) is 24.2 Å². The molecule has 3 rings (SSSR count). The van der Waals surface area contributed by atoms with Gasteiger partial charge in [0.25, 0.3) is 0 Å². The molecule has 0 saturated heterocycles. The second-order valence-corrected chi connectivity index (χ2v) is 6.17. The number of ketones is 1. The number of Topliss-reactive ketones (excluding diaryl/α,β-unsaturated/α-hetero) is 1. The molecule has 0 unspecified atom stereocenters. The SMILES string of the molecule is CCOc1ccc(C(=O)[C@@H](C)OC(=O)c2cnc3c(c2)c(C)nn3C)cc1. The van der Waals surface area contributed by atoms with Gasteiger partial charge in [-0.25, -0.2) is 9.78 Å². The molecular weight excluding hydrogens is 346 g/mol. The third kappa shape index (κ3) is 3.81. The van der Waals surface area contributed by atoms with Crippen molar-refractivity contribution in [3.05, 3.63) is 53.3 Å². The first-order valence-corrected chi connectivity index (χ1v) is 8.68. The van der Waals surface area contributed by atoms with E-state index in [-0.39, 0.29) is 11.3 Å². The summed E-state index contributed by atoms with van der Waals surface area (Å²) in [5.41, 5.74) is 2.19. The number of nitrogens with zero attached hydrogens (tertiary/aromatic N) is 3. The minimum atomic E-state index is -0.916. The summed E-state index contributed by atoms with van der Waals surface area (Å²) < 4.78 is 12.3. The minimum Gasteiger partial charge on any atom is -0.494 e. The standard InChI is InChI=1S/C20H21N3O4/c1-5-26-16-8-6-14(7-9-16)18(24)13(3)27-20(25)15-10-17-12(2)22-23(4)19(17)21-11-15/h6-11,13H,5H2,1-4H3/t13-/m1/s1. The third-order valence-electron chi connectivity index (χ3n) is 4.20. The normalized spacial score (nSPS) is 12.0. The average molecular weight is 367 g/mol. The molecule has 0 aliphatic rings. The summed E-state index contributed by atoms with van der Waals surface area (Å²) in [4.78, 5) is 29.2. The summed E-state index contributed by atoms with van der Waals surface area (Å²) in [6, 6.07) is 8.43. The molecule has 0 aliphatic carbocycles. The van der Waals surface area contributed by atoms with Gasteiger partial charge in [-0.2, -0.15) is 5.10 Å². The predicted molar refractivity (Wildman–Crippen MR) is 100 cm³/mol. The highest BCUT2D eigenvalue weighted by Gasteiger charge is 2.21. The van der Waals surface area contributed by atoms with Crippen LogP contribution in [0.25, 0.3) is 11.0 Å². The molecule has 0 radical (unpaired) electrons. The highest BCUT2D eigenvalue weighted by molar-refractivity contribution is 6.02. The van der Waals surface area contributed by atoms with E-state index in [9.17, 15) is 9.59 Å². The van der Waals surface area contributed by atoms with Gasteiger partial charge in [0.1, 0.15) is 5.75 Å². The Balaban J connectivity index is 1.73. The first-order valence-electron chi connectivity index (χ1n) is 8.68. The number of fused-ring (bicyclic) bond motifs is 1. The van der Waals surface area contributed by atoms with Gasteiger partial charge >= 0.3 is 5.97 Å². The summed E-state index contributed by atoms with van der Waals surface area (Å²) in [6.45, 7) is 5.84. The van der Waals surface area contributed by atoms with Crippen molar-refractivity contribution >= 4 is 22.8 Å². The molecule has 1 aromatic carbocycles. The third-order valence-corrected chi connectivity index (χ3v) is 4.20. The van der Waals surface area contributed by atoms with Crippen LogP contribution < -0.4 is 4.74 Å². The van der Waals surface area contributed by atoms with Crippen LogP contribution in [0.15, 0.2) is 36.5 Å². The van der Waals surface area contributed by atoms with E-state index in [1.165, 1.54) is 6.20 Å². The maximum absolute atomic E-state index is 12.5. The van der Waals surface area contributed by atoms with Crippen LogP contribution in [-0.2, 0) is 11.8 Å². The predicted octanol–water partition coefficient (Wildman–Crippen LogP) is 3.10. The Morgan fingerprint density at radius 3 is 2.56 bits per heavy atom. The van der Waals surface area contributed by atoms with Crippen LogP contribution in [0.4, 0.5) is 0 Å². The van der Waals surface area contributed by atoms with Crippen molar-refractivity contribution in [3.63, 3.8) is 0 Å². The van der Waals surface area contributed by atoms with Gasteiger partial charge in [-0.15, -0.1) is 0 Å². The number of benzene rings is 1. The smallest absolute Gasteiger partial charge is 0.340 e. The Bertz CT molecular complexity index is 992. The maximum Gasteiger partial charge on any atom is 0.340 e. The lowest BCUT2D eigenvalue weighted by atomic mass is 10.1. The summed E-state index contributed by atoms with van der Waals surface area (Å²) >= 11 is 0. The molecule has 2 aromatic heterocycles. The van der Waals surface area contributed by atoms with Crippen LogP contribution >= 0.6 is 0 Å². The Hall–Kier alpha value is -3.22. The second-order valence-electron chi connectivity index (χ2n) is 6.17. The number of aromatic nitrogens is 3. The summed E-state index contributed by atoms with van der Waals surface area (Å²) in [5, 5.41) is 5.05. The number of aryl methyl sites for hydroxylation is 2. The van der Waals surface area contributed by atoms with Crippen LogP contribution in [-0.4, -0.2) is 39.2 Å². The maximum atomic E-state index is 12.5. The number of hydrogen-bond donors (Lipinski definition) is 0. The number of pyridine rings is 1. The molecule has 3 aromatic rings. The van der Waals surface area contributed by atoms with Crippen molar-refractivity contribution in [3.8, 4) is 5.75 Å². The highest BCUT2D eigenvalue weighted by atomic mass is 16.5. The zero-order valence-electron chi connectivity index (χ0n) is 15.7. The lowest BCUT2D eigenvalue weighted by Gasteiger charge is -2.13. The Morgan fingerprint density at radius 2 is 1.89 bits per heavy atom. The number of ether oxygens (including phenoxy) is 2. The van der Waals surface area contributed by atoms with Crippen LogP contribution in [0.1, 0.15) is 40.3 Å². The molecule has 140 valence electrons. The monoisotopic (exact) mass is 367 g/mol. The topological polar surface area (TPSA) is 83.3 Å². The van der Waals surface area contributed by atoms with Gasteiger partial charge in [-0.3, -0.25) is 9.48 Å². The molecule has 1 atom stereocenters. The summed E-state index contributed by atoms with van der Waals surface area (Å²) in [5.74, 6) is -0.192. The number of carbonyl (C=O) groups is 2. The quantitative estimate of drug-likeness (QED) is 0.492. The first-order chi connectivity index (χ1) is 12.9. The number of esters is 1. The van der Waals surface area contributed by atoms with E-state index >= 15 is 0 Å². The second kappa shape index (κ2) is 7.57. The van der Waals surface area contributed by atoms with E-state index < -0.39 is 12.1 Å². The van der Waals surface area contributed by atoms with Crippen molar-refractivity contribution in [2.24, 2.45) is 7.05 Å². The van der Waals surface area contributed by atoms with E-state index in [2.05, 4.69) is 10.1 Å². The van der Waals surface area contributed by atoms with Gasteiger partial charge in [0.05, 0.1) is 17.9 Å². The van der Waals surface area contributed by atoms with Crippen LogP contribution in [0, 0.1) is 6.92 Å². The van der Waals surface area contributed by atoms with Crippen molar-refractivity contribution < 1.29 is 19.1 Å². The van der Waals surface area contributed by atoms with Crippen molar-refractivity contribution in [2.45, 2.75) is 26.9 Å². The molecule has 0 aliphatic heterocycles. The van der Waals surface area contributed by atoms with E-state index in [0.29, 0.717) is 23.6 Å². The average Bonchev–Trinajstić information content (AvgIpc) is 2.95. The Kier molecular flexibility index (Phi) is 5.21. The molecular formula is C20H21N3O4. The highest BCUT2D eigenvalue weighted by Crippen LogP contribution is 2.18. The molecule has 0 fully saturated rings. The van der Waals surface area contributed by atoms with Crippen LogP contribution in [0.2, 0.25) is 0 Å². The molecule has 0 saturated carbocycles. The summed E-state index contributed by atoms with van der Waals surface area (Å²) in [6.07, 6.45) is 0.515. The molecule has 27 heavy (non-hydrogen) atoms. The number of carbonyl (C=O) groups excluding carboxylic acids is 2. The lowest BCUT2D eigenvalue weighted by molar-refractivity contribution is 0.0318. The fourth-order valence-electron chi connectivity index (χ4n) is 2.82. The van der Waals surface area contributed by atoms with E-state index in [1.54, 1.807) is 49.0 Å². The molecule has 7 heteroatoms. The zero-order chi connectivity index (χ0) is 19.6. The molecule has 0 bridgehead atoms. The first kappa shape index (κ1) is 18.6. The van der Waals surface area contributed by atoms with Crippen molar-refractivity contribution in [1.82, 2.24) is 14.8 Å². The zero-order valence-corrected chi connectivity index (χ0v) is 15.7. The van der Waals surface area contributed by atoms with Gasteiger partial charge in [-0.1, -0.05) is 0 Å². The molecule has 2 heterocycles.